The van der Waals surface area contributed by atoms with E-state index in [0.717, 1.165) is 0 Å². The van der Waals surface area contributed by atoms with E-state index in [-0.39, 0.29) is 11.7 Å². The fourth-order valence-electron chi connectivity index (χ4n) is 3.10. The van der Waals surface area contributed by atoms with Gasteiger partial charge in [0, 0.05) is 45.3 Å². The minimum atomic E-state index is -2.46. The van der Waals surface area contributed by atoms with Crippen molar-refractivity contribution in [2.45, 2.75) is 27.2 Å². The van der Waals surface area contributed by atoms with Crippen LogP contribution in [-0.2, 0) is 9.71 Å². The maximum atomic E-state index is 12.1. The molecule has 0 aliphatic rings. The molecule has 1 aromatic carbocycles. The van der Waals surface area contributed by atoms with Crippen LogP contribution in [0, 0.1) is 25.7 Å². The van der Waals surface area contributed by atoms with E-state index in [9.17, 15) is 9.00 Å². The van der Waals surface area contributed by atoms with Crippen LogP contribution in [0.4, 0.5) is 11.6 Å². The first-order valence-electron chi connectivity index (χ1n) is 10.0. The van der Waals surface area contributed by atoms with E-state index in [4.69, 9.17) is 17.3 Å². The number of Topliss-reactive ketones (excluding diaryl/α,β-unsaturated/α-hetero) is 1. The van der Waals surface area contributed by atoms with Crippen molar-refractivity contribution in [1.29, 1.82) is 0 Å². The molecule has 0 radical (unpaired) electrons. The molecule has 2 heterocycles. The predicted octanol–water partition coefficient (Wildman–Crippen LogP) is 4.06. The summed E-state index contributed by atoms with van der Waals surface area (Å²) in [5.41, 5.74) is 10.6. The molecule has 0 saturated carbocycles. The van der Waals surface area contributed by atoms with E-state index in [1.807, 2.05) is 0 Å². The second-order valence-electron chi connectivity index (χ2n) is 7.58. The van der Waals surface area contributed by atoms with Gasteiger partial charge in [-0.15, -0.1) is 0 Å². The molecule has 0 saturated heterocycles. The number of nitrogen functional groups attached to an aromatic ring is 1. The smallest absolute Gasteiger partial charge is 0.220 e. The van der Waals surface area contributed by atoms with Gasteiger partial charge in [0.15, 0.2) is 5.78 Å². The minimum Gasteiger partial charge on any atom is -0.368 e. The molecule has 33 heavy (non-hydrogen) atoms. The van der Waals surface area contributed by atoms with Gasteiger partial charge in [-0.3, -0.25) is 9.78 Å². The van der Waals surface area contributed by atoms with Gasteiger partial charge in [0.05, 0.1) is 33.4 Å². The van der Waals surface area contributed by atoms with Gasteiger partial charge in [0.25, 0.3) is 0 Å². The molecular formula is C24H24ClN5O2S. The summed E-state index contributed by atoms with van der Waals surface area (Å²) in [7, 11) is -2.46. The minimum absolute atomic E-state index is 0.0421. The van der Waals surface area contributed by atoms with Crippen LogP contribution in [0.2, 0.25) is 5.02 Å². The number of hydrogen-bond donors (Lipinski definition) is 2. The van der Waals surface area contributed by atoms with Gasteiger partial charge in [-0.25, -0.2) is 14.2 Å². The monoisotopic (exact) mass is 481 g/mol. The van der Waals surface area contributed by atoms with E-state index in [1.165, 1.54) is 6.26 Å². The summed E-state index contributed by atoms with van der Waals surface area (Å²) in [6.45, 7) is 5.38. The van der Waals surface area contributed by atoms with Crippen molar-refractivity contribution in [1.82, 2.24) is 15.0 Å². The Morgan fingerprint density at radius 2 is 1.94 bits per heavy atom. The van der Waals surface area contributed by atoms with E-state index in [2.05, 4.69) is 37.4 Å². The lowest BCUT2D eigenvalue weighted by atomic mass is 10.0. The fraction of sp³-hybridized carbons (Fsp3) is 0.208. The summed E-state index contributed by atoms with van der Waals surface area (Å²) in [4.78, 5) is 25.0. The van der Waals surface area contributed by atoms with Gasteiger partial charge in [-0.05, 0) is 37.9 Å². The maximum Gasteiger partial charge on any atom is 0.220 e. The molecule has 9 heteroatoms. The highest BCUT2D eigenvalue weighted by atomic mass is 35.5. The number of nitrogens with two attached hydrogens (primary N) is 1. The third kappa shape index (κ3) is 5.89. The van der Waals surface area contributed by atoms with Crippen molar-refractivity contribution in [2.24, 2.45) is 0 Å². The number of nitrogens with zero attached hydrogens (tertiary/aromatic N) is 3. The number of rotatable bonds is 5. The second-order valence-corrected chi connectivity index (χ2v) is 10.2. The van der Waals surface area contributed by atoms with Gasteiger partial charge in [-0.1, -0.05) is 36.4 Å². The van der Waals surface area contributed by atoms with Crippen LogP contribution in [0.15, 0.2) is 30.5 Å². The zero-order chi connectivity index (χ0) is 24.3. The standard InChI is InChI=1S/C24H24ClN5O2S/c1-6-22(31)19-10-8-17(12-20(19)25)23-18(14(2)28-24(26)29-23)9-7-16-11-21(15(3)27-13-16)30-33(4,5)32/h8,10-13H,4,6H2,1-3,5H3,(H,30,32)(H2,26,28,29). The molecule has 170 valence electrons. The molecular weight excluding hydrogens is 458 g/mol. The number of benzene rings is 1. The Bertz CT molecular complexity index is 1420. The molecule has 7 nitrogen and oxygen atoms in total. The van der Waals surface area contributed by atoms with E-state index >= 15 is 0 Å². The van der Waals surface area contributed by atoms with E-state index < -0.39 is 9.71 Å². The molecule has 3 aromatic rings. The van der Waals surface area contributed by atoms with Crippen molar-refractivity contribution in [3.63, 3.8) is 0 Å². The number of aryl methyl sites for hydroxylation is 2. The van der Waals surface area contributed by atoms with Crippen molar-refractivity contribution < 1.29 is 9.00 Å². The highest BCUT2D eigenvalue weighted by Gasteiger charge is 2.15. The SMILES string of the molecule is C=S(C)(=O)Nc1cc(C#Cc2c(C)nc(N)nc2-c2ccc(C(=O)CC)c(Cl)c2)cnc1C. The van der Waals surface area contributed by atoms with E-state index in [1.54, 1.807) is 51.2 Å². The number of nitrogens with one attached hydrogen (secondary N) is 1. The zero-order valence-corrected chi connectivity index (χ0v) is 20.4. The van der Waals surface area contributed by atoms with Crippen LogP contribution < -0.4 is 10.5 Å². The van der Waals surface area contributed by atoms with Gasteiger partial charge in [0.2, 0.25) is 5.95 Å². The molecule has 1 unspecified atom stereocenters. The first kappa shape index (κ1) is 24.2. The highest BCUT2D eigenvalue weighted by Crippen LogP contribution is 2.29. The quantitative estimate of drug-likeness (QED) is 0.323. The Morgan fingerprint density at radius 1 is 1.21 bits per heavy atom. The number of carbonyl (C=O) groups is 1. The van der Waals surface area contributed by atoms with Gasteiger partial charge >= 0.3 is 0 Å². The molecule has 0 spiro atoms. The first-order chi connectivity index (χ1) is 15.5. The maximum absolute atomic E-state index is 12.1. The van der Waals surface area contributed by atoms with Crippen molar-refractivity contribution in [3.05, 3.63) is 63.6 Å². The molecule has 0 aliphatic carbocycles. The fourth-order valence-corrected chi connectivity index (χ4v) is 4.06. The molecule has 3 N–H and O–H groups in total. The number of halogens is 1. The lowest BCUT2D eigenvalue weighted by molar-refractivity contribution is 0.0988. The predicted molar refractivity (Wildman–Crippen MR) is 136 cm³/mol. The summed E-state index contributed by atoms with van der Waals surface area (Å²) in [6.07, 6.45) is 3.50. The molecule has 3 rings (SSSR count). The summed E-state index contributed by atoms with van der Waals surface area (Å²) in [5, 5.41) is 0.336. The topological polar surface area (TPSA) is 111 Å². The molecule has 0 amide bonds. The van der Waals surface area contributed by atoms with Crippen LogP contribution in [0.5, 0.6) is 0 Å². The average Bonchev–Trinajstić information content (AvgIpc) is 2.73. The third-order valence-electron chi connectivity index (χ3n) is 4.72. The number of pyridine rings is 1. The zero-order valence-electron chi connectivity index (χ0n) is 18.8. The van der Waals surface area contributed by atoms with Crippen LogP contribution in [0.3, 0.4) is 0 Å². The summed E-state index contributed by atoms with van der Waals surface area (Å²) < 4.78 is 14.9. The van der Waals surface area contributed by atoms with Gasteiger partial charge in [-0.2, -0.15) is 0 Å². The van der Waals surface area contributed by atoms with Crippen molar-refractivity contribution >= 4 is 44.6 Å². The number of aromatic nitrogens is 3. The lowest BCUT2D eigenvalue weighted by Crippen LogP contribution is -2.11. The Balaban J connectivity index is 2.09. The average molecular weight is 482 g/mol. The Labute approximate surface area is 199 Å². The summed E-state index contributed by atoms with van der Waals surface area (Å²) >= 11 is 6.37. The van der Waals surface area contributed by atoms with Crippen molar-refractivity contribution in [3.8, 4) is 23.1 Å². The van der Waals surface area contributed by atoms with Gasteiger partial charge in [0.1, 0.15) is 0 Å². The summed E-state index contributed by atoms with van der Waals surface area (Å²) in [5.74, 6) is 9.85. The van der Waals surface area contributed by atoms with Crippen LogP contribution >= 0.6 is 11.6 Å². The third-order valence-corrected chi connectivity index (χ3v) is 5.68. The van der Waals surface area contributed by atoms with Crippen LogP contribution in [0.25, 0.3) is 11.3 Å². The Hall–Kier alpha value is -3.41. The second kappa shape index (κ2) is 9.61. The molecule has 2 aromatic heterocycles. The number of hydrogen-bond acceptors (Lipinski definition) is 6. The van der Waals surface area contributed by atoms with E-state index in [0.29, 0.717) is 56.5 Å². The van der Waals surface area contributed by atoms with Crippen LogP contribution in [-0.4, -0.2) is 37.1 Å². The first-order valence-corrected chi connectivity index (χ1v) is 12.6. The Morgan fingerprint density at radius 3 is 2.58 bits per heavy atom. The lowest BCUT2D eigenvalue weighted by Gasteiger charge is -2.11. The molecule has 1 atom stereocenters. The number of ketones is 1. The summed E-state index contributed by atoms with van der Waals surface area (Å²) in [6, 6.07) is 6.89. The molecule has 0 bridgehead atoms. The van der Waals surface area contributed by atoms with Crippen molar-refractivity contribution in [2.75, 3.05) is 16.7 Å². The largest absolute Gasteiger partial charge is 0.368 e. The Kier molecular flexibility index (Phi) is 7.06. The number of carbonyl (C=O) groups excluding carboxylic acids is 1. The van der Waals surface area contributed by atoms with Crippen LogP contribution in [0.1, 0.15) is 46.2 Å². The highest BCUT2D eigenvalue weighted by molar-refractivity contribution is 8.00. The molecule has 0 fully saturated rings. The van der Waals surface area contributed by atoms with Gasteiger partial charge < -0.3 is 10.5 Å². The number of anilines is 2. The molecule has 0 aliphatic heterocycles. The normalized spacial score (nSPS) is 12.4.